The number of benzene rings is 1. The van der Waals surface area contributed by atoms with Gasteiger partial charge in [-0.25, -0.2) is 0 Å². The minimum Gasteiger partial charge on any atom is -0.364 e. The van der Waals surface area contributed by atoms with Crippen LogP contribution in [-0.2, 0) is 6.54 Å². The van der Waals surface area contributed by atoms with Crippen LogP contribution in [0.2, 0.25) is 10.0 Å². The summed E-state index contributed by atoms with van der Waals surface area (Å²) in [5, 5.41) is 5.82. The molecule has 0 amide bonds. The van der Waals surface area contributed by atoms with Gasteiger partial charge in [0.15, 0.2) is 0 Å². The average molecular weight is 275 g/mol. The molecular weight excluding hydrogens is 257 g/mol. The highest BCUT2D eigenvalue weighted by molar-refractivity contribution is 6.35. The molecule has 94 valence electrons. The Labute approximate surface area is 113 Å². The van der Waals surface area contributed by atoms with E-state index >= 15 is 0 Å². The maximum atomic E-state index is 6.14. The fourth-order valence-corrected chi connectivity index (χ4v) is 1.87. The zero-order chi connectivity index (χ0) is 13.1. The summed E-state index contributed by atoms with van der Waals surface area (Å²) in [5.74, 6) is 0. The largest absolute Gasteiger partial charge is 0.364 e. The summed E-state index contributed by atoms with van der Waals surface area (Å²) in [6.45, 7) is 0.656. The van der Waals surface area contributed by atoms with E-state index in [-0.39, 0.29) is 0 Å². The number of hydrogen-bond donors (Lipinski definition) is 0. The van der Waals surface area contributed by atoms with E-state index < -0.39 is 0 Å². The monoisotopic (exact) mass is 274 g/mol. The van der Waals surface area contributed by atoms with E-state index in [2.05, 4.69) is 5.10 Å². The molecule has 0 atom stereocenters. The number of rotatable bonds is 4. The molecule has 1 rings (SSSR count). The molecule has 0 aliphatic carbocycles. The van der Waals surface area contributed by atoms with Crippen LogP contribution in [0.1, 0.15) is 5.56 Å². The van der Waals surface area contributed by atoms with Crippen LogP contribution in [0.15, 0.2) is 23.3 Å². The predicted octanol–water partition coefficient (Wildman–Crippen LogP) is 3.07. The molecule has 5 heteroatoms. The third-order valence-corrected chi connectivity index (χ3v) is 2.91. The van der Waals surface area contributed by atoms with Gasteiger partial charge in [-0.3, -0.25) is 0 Å². The first-order chi connectivity index (χ1) is 7.82. The Morgan fingerprint density at radius 3 is 2.24 bits per heavy atom. The van der Waals surface area contributed by atoms with Gasteiger partial charge in [-0.2, -0.15) is 4.59 Å². The molecule has 0 heterocycles. The minimum atomic E-state index is 0.446. The van der Waals surface area contributed by atoms with Crippen LogP contribution in [0.25, 0.3) is 0 Å². The van der Waals surface area contributed by atoms with Crippen LogP contribution < -0.4 is 0 Å². The number of hydrogen-bond acceptors (Lipinski definition) is 1. The van der Waals surface area contributed by atoms with E-state index in [9.17, 15) is 0 Å². The Morgan fingerprint density at radius 1 is 1.24 bits per heavy atom. The van der Waals surface area contributed by atoms with Crippen molar-refractivity contribution in [3.05, 3.63) is 33.8 Å². The molecule has 0 saturated heterocycles. The molecule has 0 aromatic heterocycles. The smallest absolute Gasteiger partial charge is 0.146 e. The summed E-state index contributed by atoms with van der Waals surface area (Å²) in [4.78, 5) is 1.90. The number of quaternary nitrogens is 1. The van der Waals surface area contributed by atoms with Crippen molar-refractivity contribution in [1.29, 1.82) is 0 Å². The molecule has 0 fully saturated rings. The summed E-state index contributed by atoms with van der Waals surface area (Å²) >= 11 is 12.3. The van der Waals surface area contributed by atoms with Gasteiger partial charge in [0.1, 0.15) is 12.9 Å². The Balaban J connectivity index is 2.90. The Morgan fingerprint density at radius 2 is 1.76 bits per heavy atom. The first-order valence-corrected chi connectivity index (χ1v) is 6.05. The average Bonchev–Trinajstić information content (AvgIpc) is 2.21. The molecule has 0 radical (unpaired) electrons. The van der Waals surface area contributed by atoms with Crippen LogP contribution in [0.3, 0.4) is 0 Å². The molecular formula is C12H18Cl2N3+. The van der Waals surface area contributed by atoms with Gasteiger partial charge in [-0.15, -0.1) is 0 Å². The molecule has 0 aliphatic rings. The summed E-state index contributed by atoms with van der Waals surface area (Å²) in [6, 6.07) is 5.54. The Bertz CT molecular complexity index is 394. The summed E-state index contributed by atoms with van der Waals surface area (Å²) in [5.41, 5.74) is 0.928. The second-order valence-corrected chi connectivity index (χ2v) is 5.49. The van der Waals surface area contributed by atoms with Crippen LogP contribution in [0.5, 0.6) is 0 Å². The van der Waals surface area contributed by atoms with Crippen molar-refractivity contribution in [2.24, 2.45) is 5.10 Å². The Hall–Kier alpha value is -0.770. The molecule has 0 N–H and O–H groups in total. The van der Waals surface area contributed by atoms with Gasteiger partial charge < -0.3 is 4.90 Å². The minimum absolute atomic E-state index is 0.446. The summed E-state index contributed by atoms with van der Waals surface area (Å²) < 4.78 is 0.446. The first kappa shape index (κ1) is 14.3. The van der Waals surface area contributed by atoms with Gasteiger partial charge >= 0.3 is 0 Å². The lowest BCUT2D eigenvalue weighted by molar-refractivity contribution is -0.910. The third-order valence-electron chi connectivity index (χ3n) is 2.20. The molecule has 1 aromatic rings. The van der Waals surface area contributed by atoms with Crippen LogP contribution in [0, 0.1) is 0 Å². The fraction of sp³-hybridized carbons (Fsp3) is 0.417. The van der Waals surface area contributed by atoms with Gasteiger partial charge in [0, 0.05) is 19.7 Å². The highest BCUT2D eigenvalue weighted by atomic mass is 35.5. The number of halogens is 2. The van der Waals surface area contributed by atoms with Gasteiger partial charge in [-0.1, -0.05) is 34.4 Å². The quantitative estimate of drug-likeness (QED) is 0.357. The van der Waals surface area contributed by atoms with Crippen molar-refractivity contribution in [3.8, 4) is 0 Å². The van der Waals surface area contributed by atoms with Crippen molar-refractivity contribution in [2.45, 2.75) is 6.54 Å². The molecule has 0 aliphatic heterocycles. The van der Waals surface area contributed by atoms with Gasteiger partial charge in [0.2, 0.25) is 0 Å². The van der Waals surface area contributed by atoms with Crippen LogP contribution >= 0.6 is 23.2 Å². The normalized spacial score (nSPS) is 12.1. The zero-order valence-electron chi connectivity index (χ0n) is 10.6. The fourth-order valence-electron chi connectivity index (χ4n) is 1.35. The maximum absolute atomic E-state index is 6.14. The zero-order valence-corrected chi connectivity index (χ0v) is 12.1. The van der Waals surface area contributed by atoms with Crippen molar-refractivity contribution >= 4 is 29.5 Å². The molecule has 0 unspecified atom stereocenters. The standard InChI is InChI=1S/C12H18Cl2N3/c1-16(2)9-15-17(3,4)8-10-11(13)6-5-7-12(10)14/h5-7,9H,8H2,1-4H3/q+1. The van der Waals surface area contributed by atoms with Gasteiger partial charge in [0.05, 0.1) is 24.1 Å². The summed E-state index contributed by atoms with van der Waals surface area (Å²) in [7, 11) is 7.87. The Kier molecular flexibility index (Phi) is 4.80. The predicted molar refractivity (Wildman–Crippen MR) is 74.5 cm³/mol. The molecule has 17 heavy (non-hydrogen) atoms. The van der Waals surface area contributed by atoms with E-state index in [0.29, 0.717) is 21.2 Å². The van der Waals surface area contributed by atoms with Crippen molar-refractivity contribution in [2.75, 3.05) is 28.2 Å². The van der Waals surface area contributed by atoms with Gasteiger partial charge in [0.25, 0.3) is 0 Å². The first-order valence-electron chi connectivity index (χ1n) is 5.30. The molecule has 1 aromatic carbocycles. The molecule has 0 spiro atoms. The lowest BCUT2D eigenvalue weighted by atomic mass is 10.2. The SMILES string of the molecule is CN(C)C=N[N+](C)(C)Cc1c(Cl)cccc1Cl. The second kappa shape index (κ2) is 5.71. The van der Waals surface area contributed by atoms with Crippen molar-refractivity contribution < 1.29 is 4.59 Å². The van der Waals surface area contributed by atoms with Crippen molar-refractivity contribution in [3.63, 3.8) is 0 Å². The van der Waals surface area contributed by atoms with E-state index in [1.165, 1.54) is 0 Å². The highest BCUT2D eigenvalue weighted by Crippen LogP contribution is 2.26. The van der Waals surface area contributed by atoms with E-state index in [1.54, 1.807) is 6.34 Å². The van der Waals surface area contributed by atoms with E-state index in [1.807, 2.05) is 51.3 Å². The maximum Gasteiger partial charge on any atom is 0.146 e. The lowest BCUT2D eigenvalue weighted by Crippen LogP contribution is -2.34. The highest BCUT2D eigenvalue weighted by Gasteiger charge is 2.19. The van der Waals surface area contributed by atoms with Gasteiger partial charge in [-0.05, 0) is 12.1 Å². The van der Waals surface area contributed by atoms with E-state index in [4.69, 9.17) is 23.2 Å². The topological polar surface area (TPSA) is 15.6 Å². The second-order valence-electron chi connectivity index (χ2n) is 4.67. The molecule has 0 saturated carbocycles. The summed E-state index contributed by atoms with van der Waals surface area (Å²) in [6.07, 6.45) is 1.78. The third kappa shape index (κ3) is 4.54. The number of nitrogens with zero attached hydrogens (tertiary/aromatic N) is 3. The van der Waals surface area contributed by atoms with Crippen molar-refractivity contribution in [1.82, 2.24) is 4.90 Å². The van der Waals surface area contributed by atoms with E-state index in [0.717, 1.165) is 5.56 Å². The van der Waals surface area contributed by atoms with Crippen LogP contribution in [-0.4, -0.2) is 44.0 Å². The molecule has 3 nitrogen and oxygen atoms in total. The van der Waals surface area contributed by atoms with Crippen LogP contribution in [0.4, 0.5) is 0 Å². The molecule has 0 bridgehead atoms. The lowest BCUT2D eigenvalue weighted by Gasteiger charge is -2.23.